The Labute approximate surface area is 238 Å². The van der Waals surface area contributed by atoms with Crippen molar-refractivity contribution in [1.82, 2.24) is 9.97 Å². The number of benzene rings is 4. The first-order valence-corrected chi connectivity index (χ1v) is 12.8. The number of hydrogen-bond donors (Lipinski definition) is 5. The Morgan fingerprint density at radius 3 is 1.60 bits per heavy atom. The molecule has 0 unspecified atom stereocenters. The zero-order valence-corrected chi connectivity index (χ0v) is 22.1. The van der Waals surface area contributed by atoms with Crippen molar-refractivity contribution < 1.29 is 39.4 Å². The van der Waals surface area contributed by atoms with Crippen molar-refractivity contribution >= 4 is 33.0 Å². The summed E-state index contributed by atoms with van der Waals surface area (Å²) in [5.74, 6) is -2.71. The van der Waals surface area contributed by atoms with Gasteiger partial charge in [0.25, 0.3) is 0 Å². The fourth-order valence-electron chi connectivity index (χ4n) is 4.14. The maximum Gasteiger partial charge on any atom is 0.238 e. The Morgan fingerprint density at radius 2 is 1.12 bits per heavy atom. The zero-order valence-electron chi connectivity index (χ0n) is 22.1. The van der Waals surface area contributed by atoms with Crippen molar-refractivity contribution in [3.05, 3.63) is 89.1 Å². The maximum absolute atomic E-state index is 12.1. The number of hydrogen-bond acceptors (Lipinski definition) is 11. The Morgan fingerprint density at radius 1 is 0.595 bits per heavy atom. The van der Waals surface area contributed by atoms with Crippen LogP contribution in [0.5, 0.6) is 28.7 Å². The van der Waals surface area contributed by atoms with E-state index in [1.165, 1.54) is 6.07 Å². The van der Waals surface area contributed by atoms with Crippen molar-refractivity contribution in [2.24, 2.45) is 0 Å². The van der Waals surface area contributed by atoms with E-state index in [4.69, 9.17) is 13.9 Å². The van der Waals surface area contributed by atoms with Gasteiger partial charge in [0.2, 0.25) is 11.2 Å². The number of ether oxygens (including phenoxy) is 2. The van der Waals surface area contributed by atoms with Gasteiger partial charge in [-0.2, -0.15) is 0 Å². The normalized spacial score (nSPS) is 12.8. The maximum atomic E-state index is 12.1. The molecular weight excluding hydrogens is 544 g/mol. The van der Waals surface area contributed by atoms with Gasteiger partial charge in [-0.25, -0.2) is 9.97 Å². The highest BCUT2D eigenvalue weighted by atomic mass is 16.6. The summed E-state index contributed by atoms with van der Waals surface area (Å²) in [6.07, 6.45) is 0. The van der Waals surface area contributed by atoms with Crippen LogP contribution >= 0.6 is 0 Å². The number of rotatable bonds is 1. The third kappa shape index (κ3) is 6.17. The fourth-order valence-corrected chi connectivity index (χ4v) is 4.14. The van der Waals surface area contributed by atoms with Crippen LogP contribution in [0.15, 0.2) is 88.1 Å². The van der Waals surface area contributed by atoms with Gasteiger partial charge in [0, 0.05) is 17.7 Å². The van der Waals surface area contributed by atoms with Gasteiger partial charge in [-0.15, -0.1) is 0 Å². The molecular formula is C31H26N2O9. The second-order valence-corrected chi connectivity index (χ2v) is 9.08. The molecule has 1 saturated heterocycles. The lowest BCUT2D eigenvalue weighted by Gasteiger charge is -2.09. The van der Waals surface area contributed by atoms with Crippen LogP contribution in [0, 0.1) is 0 Å². The largest absolute Gasteiger partial charge is 0.508 e. The van der Waals surface area contributed by atoms with Gasteiger partial charge >= 0.3 is 0 Å². The first kappa shape index (κ1) is 28.1. The van der Waals surface area contributed by atoms with Crippen LogP contribution in [-0.4, -0.2) is 61.9 Å². The predicted molar refractivity (Wildman–Crippen MR) is 155 cm³/mol. The first-order valence-electron chi connectivity index (χ1n) is 12.8. The van der Waals surface area contributed by atoms with Gasteiger partial charge in [0.05, 0.1) is 48.5 Å². The monoisotopic (exact) mass is 570 g/mol. The van der Waals surface area contributed by atoms with Crippen molar-refractivity contribution in [2.75, 3.05) is 26.4 Å². The number of para-hydroxylation sites is 4. The van der Waals surface area contributed by atoms with Crippen LogP contribution in [0.25, 0.3) is 44.4 Å². The second kappa shape index (κ2) is 12.4. The molecule has 42 heavy (non-hydrogen) atoms. The van der Waals surface area contributed by atoms with Crippen molar-refractivity contribution in [3.63, 3.8) is 0 Å². The average molecular weight is 571 g/mol. The molecule has 1 aliphatic rings. The van der Waals surface area contributed by atoms with E-state index in [9.17, 15) is 30.3 Å². The standard InChI is InChI=1S/C15H10O7.C12H8N2.C4H8O2/c16-7-4-10(19)12-11(5-7)22-15(14(21)13(12)20)6-1-2-8(17)9(18)3-6;1-2-6-10-9(5-1)13-11-7-3-4-8-12(11)14-10;1-2-6-4-3-5-1/h1-5,16-19,21H;1-8H;1-4H2. The molecule has 0 atom stereocenters. The zero-order chi connectivity index (χ0) is 29.6. The molecule has 0 spiro atoms. The molecule has 0 bridgehead atoms. The lowest BCUT2D eigenvalue weighted by atomic mass is 10.1. The number of phenols is 4. The van der Waals surface area contributed by atoms with Crippen LogP contribution < -0.4 is 5.43 Å². The Bertz CT molecular complexity index is 1820. The van der Waals surface area contributed by atoms with Crippen LogP contribution in [0.4, 0.5) is 0 Å². The molecule has 0 aliphatic carbocycles. The minimum atomic E-state index is -0.888. The van der Waals surface area contributed by atoms with Gasteiger partial charge in [-0.05, 0) is 42.5 Å². The highest BCUT2D eigenvalue weighted by Crippen LogP contribution is 2.37. The fraction of sp³-hybridized carbons (Fsp3) is 0.129. The molecule has 1 aliphatic heterocycles. The molecule has 3 heterocycles. The SMILES string of the molecule is C1COCCO1.O=c1c(O)c(-c2ccc(O)c(O)c2)oc2cc(O)cc(O)c12.c1ccc2nc3ccccc3nc2c1. The predicted octanol–water partition coefficient (Wildman–Crippen LogP) is 4.80. The summed E-state index contributed by atoms with van der Waals surface area (Å²) in [5, 5.41) is 47.6. The van der Waals surface area contributed by atoms with Crippen molar-refractivity contribution in [3.8, 4) is 40.1 Å². The lowest BCUT2D eigenvalue weighted by Crippen LogP contribution is -2.16. The van der Waals surface area contributed by atoms with Gasteiger partial charge < -0.3 is 39.4 Å². The Balaban J connectivity index is 0.000000149. The number of nitrogens with zero attached hydrogens (tertiary/aromatic N) is 2. The summed E-state index contributed by atoms with van der Waals surface area (Å²) in [6, 6.07) is 21.5. The van der Waals surface area contributed by atoms with Crippen LogP contribution in [0.2, 0.25) is 0 Å². The topological polar surface area (TPSA) is 176 Å². The molecule has 1 fully saturated rings. The summed E-state index contributed by atoms with van der Waals surface area (Å²) in [5.41, 5.74) is 2.91. The van der Waals surface area contributed by atoms with E-state index in [2.05, 4.69) is 9.97 Å². The molecule has 0 saturated carbocycles. The number of fused-ring (bicyclic) bond motifs is 3. The molecule has 4 aromatic carbocycles. The van der Waals surface area contributed by atoms with Crippen LogP contribution in [-0.2, 0) is 9.47 Å². The second-order valence-electron chi connectivity index (χ2n) is 9.08. The number of phenolic OH excluding ortho intramolecular Hbond substituents is 4. The molecule has 0 amide bonds. The number of aromatic nitrogens is 2. The molecule has 7 rings (SSSR count). The minimum Gasteiger partial charge on any atom is -0.508 e. The molecule has 6 aromatic rings. The third-order valence-corrected chi connectivity index (χ3v) is 6.16. The average Bonchev–Trinajstić information content (AvgIpc) is 3.00. The quantitative estimate of drug-likeness (QED) is 0.136. The molecule has 5 N–H and O–H groups in total. The van der Waals surface area contributed by atoms with E-state index in [1.807, 2.05) is 48.5 Å². The van der Waals surface area contributed by atoms with Gasteiger partial charge in [-0.1, -0.05) is 24.3 Å². The lowest BCUT2D eigenvalue weighted by molar-refractivity contribution is -0.0334. The van der Waals surface area contributed by atoms with E-state index < -0.39 is 22.7 Å². The molecule has 214 valence electrons. The summed E-state index contributed by atoms with van der Waals surface area (Å²) in [7, 11) is 0. The first-order chi connectivity index (χ1) is 20.3. The van der Waals surface area contributed by atoms with Crippen molar-refractivity contribution in [2.45, 2.75) is 0 Å². The molecule has 2 aromatic heterocycles. The van der Waals surface area contributed by atoms with Crippen LogP contribution in [0.1, 0.15) is 0 Å². The number of aromatic hydroxyl groups is 5. The van der Waals surface area contributed by atoms with Crippen molar-refractivity contribution in [1.29, 1.82) is 0 Å². The summed E-state index contributed by atoms with van der Waals surface area (Å²) < 4.78 is 15.2. The molecule has 0 radical (unpaired) electrons. The Kier molecular flexibility index (Phi) is 8.32. The van der Waals surface area contributed by atoms with Gasteiger partial charge in [0.1, 0.15) is 22.5 Å². The van der Waals surface area contributed by atoms with E-state index >= 15 is 0 Å². The van der Waals surface area contributed by atoms with E-state index in [-0.39, 0.29) is 33.8 Å². The van der Waals surface area contributed by atoms with Gasteiger partial charge in [0.15, 0.2) is 17.3 Å². The summed E-state index contributed by atoms with van der Waals surface area (Å²) >= 11 is 0. The minimum absolute atomic E-state index is 0.134. The molecule has 11 nitrogen and oxygen atoms in total. The Hall–Kier alpha value is -5.39. The van der Waals surface area contributed by atoms with Gasteiger partial charge in [-0.3, -0.25) is 4.79 Å². The van der Waals surface area contributed by atoms with E-state index in [0.717, 1.165) is 72.8 Å². The third-order valence-electron chi connectivity index (χ3n) is 6.16. The smallest absolute Gasteiger partial charge is 0.238 e. The highest BCUT2D eigenvalue weighted by molar-refractivity contribution is 5.88. The summed E-state index contributed by atoms with van der Waals surface area (Å²) in [6.45, 7) is 3.11. The molecule has 11 heteroatoms. The van der Waals surface area contributed by atoms with E-state index in [0.29, 0.717) is 0 Å². The highest BCUT2D eigenvalue weighted by Gasteiger charge is 2.19. The summed E-state index contributed by atoms with van der Waals surface area (Å²) in [4.78, 5) is 21.2. The van der Waals surface area contributed by atoms with Crippen LogP contribution in [0.3, 0.4) is 0 Å². The van der Waals surface area contributed by atoms with E-state index in [1.54, 1.807) is 0 Å².